The number of fused-ring (bicyclic) bond motifs is 17. The molecule has 0 bridgehead atoms. The van der Waals surface area contributed by atoms with E-state index in [1.807, 2.05) is 0 Å². The molecular formula is C78H54N4O2. The Kier molecular flexibility index (Phi) is 9.71. The highest BCUT2D eigenvalue weighted by Crippen LogP contribution is 2.52. The molecule has 4 aliphatic carbocycles. The van der Waals surface area contributed by atoms with Crippen LogP contribution in [0.15, 0.2) is 252 Å². The quantitative estimate of drug-likeness (QED) is 0.167. The minimum absolute atomic E-state index is 0.0561. The van der Waals surface area contributed by atoms with E-state index < -0.39 is 0 Å². The van der Waals surface area contributed by atoms with Crippen LogP contribution in [-0.2, 0) is 17.6 Å². The second-order valence-electron chi connectivity index (χ2n) is 23.6. The molecule has 0 spiro atoms. The van der Waals surface area contributed by atoms with Gasteiger partial charge in [-0.2, -0.15) is 0 Å². The number of hydrogen-bond acceptors (Lipinski definition) is 2. The zero-order chi connectivity index (χ0) is 54.7. The van der Waals surface area contributed by atoms with Gasteiger partial charge in [-0.1, -0.05) is 146 Å². The summed E-state index contributed by atoms with van der Waals surface area (Å²) in [6.45, 7) is 0. The van der Waals surface area contributed by atoms with Crippen LogP contribution in [0.1, 0.15) is 58.8 Å². The summed E-state index contributed by atoms with van der Waals surface area (Å²) in [6.07, 6.45) is 23.8. The van der Waals surface area contributed by atoms with Gasteiger partial charge in [-0.05, 0) is 158 Å². The lowest BCUT2D eigenvalue weighted by Crippen LogP contribution is -2.19. The molecule has 19 rings (SSSR count). The second kappa shape index (κ2) is 17.6. The van der Waals surface area contributed by atoms with Crippen LogP contribution in [0.25, 0.3) is 128 Å². The summed E-state index contributed by atoms with van der Waals surface area (Å²) in [4.78, 5) is 0. The van der Waals surface area contributed by atoms with Crippen molar-refractivity contribution in [2.24, 2.45) is 5.92 Å². The lowest BCUT2D eigenvalue weighted by atomic mass is 9.77. The maximum Gasteiger partial charge on any atom is 0.159 e. The van der Waals surface area contributed by atoms with E-state index in [-0.39, 0.29) is 17.9 Å². The molecule has 0 saturated carbocycles. The Morgan fingerprint density at radius 2 is 1.11 bits per heavy atom. The van der Waals surface area contributed by atoms with Crippen LogP contribution < -0.4 is 0 Å². The minimum atomic E-state index is -0.120. The van der Waals surface area contributed by atoms with E-state index in [0.717, 1.165) is 93.3 Å². The largest absolute Gasteiger partial charge is 0.485 e. The number of aromatic nitrogens is 4. The number of ether oxygens (including phenoxy) is 1. The Morgan fingerprint density at radius 3 is 1.92 bits per heavy atom. The SMILES string of the molecule is C1=Cc2c(c3ccccc3n2-c2cccc(C3C=C(c4ccc5c(c4)c4ccccc4n5-c4ccc5oc6c(-n7c8c(c9ccccc97)C=CCC8)cccc6c5c4)C4=C(C3)C3C=C(n5c6ccccc6c6ccccc65)C=CC3O4)c2)CC1. The van der Waals surface area contributed by atoms with E-state index in [4.69, 9.17) is 9.15 Å². The molecule has 6 nitrogen and oxygen atoms in total. The van der Waals surface area contributed by atoms with E-state index >= 15 is 0 Å². The van der Waals surface area contributed by atoms with Gasteiger partial charge in [0.05, 0.1) is 38.8 Å². The summed E-state index contributed by atoms with van der Waals surface area (Å²) >= 11 is 0. The first kappa shape index (κ1) is 46.3. The number of para-hydroxylation sites is 6. The van der Waals surface area contributed by atoms with Gasteiger partial charge in [0.15, 0.2) is 5.58 Å². The van der Waals surface area contributed by atoms with Crippen molar-refractivity contribution in [3.63, 3.8) is 0 Å². The fraction of sp³-hybridized carbons (Fsp3) is 0.103. The third-order valence-corrected chi connectivity index (χ3v) is 19.2. The molecule has 3 atom stereocenters. The van der Waals surface area contributed by atoms with Crippen molar-refractivity contribution in [2.45, 2.75) is 44.1 Å². The molecule has 0 radical (unpaired) electrons. The Hall–Kier alpha value is -10.3. The van der Waals surface area contributed by atoms with Gasteiger partial charge in [0.2, 0.25) is 0 Å². The van der Waals surface area contributed by atoms with E-state index in [9.17, 15) is 0 Å². The van der Waals surface area contributed by atoms with Crippen molar-refractivity contribution in [3.8, 4) is 17.1 Å². The van der Waals surface area contributed by atoms with Gasteiger partial charge in [0.1, 0.15) is 17.4 Å². The average Bonchev–Trinajstić information content (AvgIpc) is 2.21. The summed E-state index contributed by atoms with van der Waals surface area (Å²) < 4.78 is 24.1. The molecule has 398 valence electrons. The topological polar surface area (TPSA) is 42.1 Å². The number of hydrogen-bond donors (Lipinski definition) is 0. The first-order valence-electron chi connectivity index (χ1n) is 29.8. The molecule has 84 heavy (non-hydrogen) atoms. The van der Waals surface area contributed by atoms with Crippen molar-refractivity contribution >= 4 is 111 Å². The lowest BCUT2D eigenvalue weighted by molar-refractivity contribution is 0.176. The molecule has 0 N–H and O–H groups in total. The van der Waals surface area contributed by atoms with Crippen LogP contribution >= 0.6 is 0 Å². The maximum atomic E-state index is 7.32. The fourth-order valence-corrected chi connectivity index (χ4v) is 15.6. The number of rotatable bonds is 6. The highest BCUT2D eigenvalue weighted by atomic mass is 16.5. The van der Waals surface area contributed by atoms with Crippen molar-refractivity contribution in [2.75, 3.05) is 0 Å². The Bertz CT molecular complexity index is 5360. The van der Waals surface area contributed by atoms with Crippen LogP contribution in [0.2, 0.25) is 0 Å². The van der Waals surface area contributed by atoms with E-state index in [2.05, 4.69) is 267 Å². The summed E-state index contributed by atoms with van der Waals surface area (Å²) in [5.41, 5.74) is 23.9. The number of aryl methyl sites for hydroxylation is 1. The van der Waals surface area contributed by atoms with Gasteiger partial charge in [-0.3, -0.25) is 0 Å². The predicted molar refractivity (Wildman–Crippen MR) is 346 cm³/mol. The Morgan fingerprint density at radius 1 is 0.452 bits per heavy atom. The van der Waals surface area contributed by atoms with E-state index in [1.165, 1.54) is 99.4 Å². The highest BCUT2D eigenvalue weighted by molar-refractivity contribution is 6.13. The molecule has 3 unspecified atom stereocenters. The van der Waals surface area contributed by atoms with E-state index in [1.54, 1.807) is 0 Å². The molecular weight excluding hydrogens is 1020 g/mol. The molecule has 14 aromatic rings. The number of furan rings is 1. The van der Waals surface area contributed by atoms with Gasteiger partial charge in [0, 0.05) is 94.5 Å². The summed E-state index contributed by atoms with van der Waals surface area (Å²) in [7, 11) is 0. The molecule has 6 heteroatoms. The normalized spacial score (nSPS) is 18.2. The predicted octanol–water partition coefficient (Wildman–Crippen LogP) is 19.5. The molecule has 1 aliphatic heterocycles. The van der Waals surface area contributed by atoms with Gasteiger partial charge in [-0.15, -0.1) is 0 Å². The van der Waals surface area contributed by atoms with Gasteiger partial charge < -0.3 is 27.4 Å². The van der Waals surface area contributed by atoms with Crippen molar-refractivity contribution < 1.29 is 9.15 Å². The summed E-state index contributed by atoms with van der Waals surface area (Å²) in [5, 5.41) is 9.78. The Labute approximate surface area is 484 Å². The zero-order valence-corrected chi connectivity index (χ0v) is 46.0. The van der Waals surface area contributed by atoms with Gasteiger partial charge >= 0.3 is 0 Å². The maximum absolute atomic E-state index is 7.32. The molecule has 0 fully saturated rings. The molecule has 5 aromatic heterocycles. The van der Waals surface area contributed by atoms with Crippen LogP contribution in [0, 0.1) is 5.92 Å². The molecule has 9 aromatic carbocycles. The summed E-state index contributed by atoms with van der Waals surface area (Å²) in [5.74, 6) is 1.17. The molecule has 5 aliphatic rings. The van der Waals surface area contributed by atoms with Crippen LogP contribution in [-0.4, -0.2) is 24.4 Å². The fourth-order valence-electron chi connectivity index (χ4n) is 15.6. The number of nitrogens with zero attached hydrogens (tertiary/aromatic N) is 4. The van der Waals surface area contributed by atoms with Crippen LogP contribution in [0.3, 0.4) is 0 Å². The van der Waals surface area contributed by atoms with Gasteiger partial charge in [0.25, 0.3) is 0 Å². The van der Waals surface area contributed by atoms with Crippen LogP contribution in [0.4, 0.5) is 0 Å². The lowest BCUT2D eigenvalue weighted by Gasteiger charge is -2.26. The third kappa shape index (κ3) is 6.56. The first-order chi connectivity index (χ1) is 41.7. The second-order valence-corrected chi connectivity index (χ2v) is 23.6. The molecule has 0 saturated heterocycles. The minimum Gasteiger partial charge on any atom is -0.485 e. The third-order valence-electron chi connectivity index (χ3n) is 19.2. The Balaban J connectivity index is 0.765. The van der Waals surface area contributed by atoms with Crippen molar-refractivity contribution in [1.29, 1.82) is 0 Å². The standard InChI is InChI=1S/C78H54N4O2/c1-8-27-66-53(19-1)54-20-2-9-28-67(54)79(66)50-18-15-17-47(41-50)49-43-61(77-65(44-49)64-46-52(37-40-76(64)83-77)80-68-29-10-3-21-55(68)56-22-4-11-30-69(56)80)48-35-38-73-62(42-48)59-25-7-12-31-70(59)81(73)51-36-39-75-63(45-51)60-26-16-34-74(78(60)84-75)82-71-32-13-5-23-57(71)58-24-6-14-33-72(58)82/h1,3-13,15-19,21-32,34-43,45-46,49,64,76H,2,14,20,33,44H2. The average molecular weight is 1080 g/mol. The van der Waals surface area contributed by atoms with Gasteiger partial charge in [-0.25, -0.2) is 0 Å². The van der Waals surface area contributed by atoms with E-state index in [0.29, 0.717) is 0 Å². The molecule has 0 amide bonds. The van der Waals surface area contributed by atoms with Crippen LogP contribution in [0.5, 0.6) is 0 Å². The smallest absolute Gasteiger partial charge is 0.159 e. The van der Waals surface area contributed by atoms with Crippen molar-refractivity contribution in [3.05, 3.63) is 282 Å². The summed E-state index contributed by atoms with van der Waals surface area (Å²) in [6, 6.07) is 74.1. The molecule has 6 heterocycles. The zero-order valence-electron chi connectivity index (χ0n) is 46.0. The first-order valence-corrected chi connectivity index (χ1v) is 29.8. The number of benzene rings is 9. The highest BCUT2D eigenvalue weighted by Gasteiger charge is 2.41. The monoisotopic (exact) mass is 1080 g/mol. The number of allylic oxidation sites excluding steroid dienone is 6. The van der Waals surface area contributed by atoms with Crippen molar-refractivity contribution in [1.82, 2.24) is 18.3 Å².